The van der Waals surface area contributed by atoms with Crippen molar-refractivity contribution in [3.05, 3.63) is 35.4 Å². The summed E-state index contributed by atoms with van der Waals surface area (Å²) in [6.07, 6.45) is 0.482. The van der Waals surface area contributed by atoms with Crippen LogP contribution in [-0.4, -0.2) is 66.7 Å². The third kappa shape index (κ3) is 4.53. The molecular weight excluding hydrogens is 278 g/mol. The minimum atomic E-state index is -0.538. The minimum Gasteiger partial charge on any atom is -0.390 e. The molecule has 5 heteroatoms. The van der Waals surface area contributed by atoms with Gasteiger partial charge in [-0.05, 0) is 38.6 Å². The highest BCUT2D eigenvalue weighted by Gasteiger charge is 2.20. The first-order valence-electron chi connectivity index (χ1n) is 7.88. The van der Waals surface area contributed by atoms with E-state index in [1.165, 1.54) is 11.1 Å². The monoisotopic (exact) mass is 305 g/mol. The van der Waals surface area contributed by atoms with E-state index in [4.69, 9.17) is 0 Å². The zero-order valence-electron chi connectivity index (χ0n) is 13.7. The number of likely N-dealkylation sites (N-methyl/N-ethyl adjacent to an activating group) is 1. The number of benzene rings is 1. The molecule has 2 atom stereocenters. The van der Waals surface area contributed by atoms with Gasteiger partial charge in [0.1, 0.15) is 0 Å². The van der Waals surface area contributed by atoms with Crippen LogP contribution in [0.5, 0.6) is 0 Å². The van der Waals surface area contributed by atoms with E-state index in [1.54, 1.807) is 0 Å². The summed E-state index contributed by atoms with van der Waals surface area (Å²) in [6.45, 7) is 4.56. The highest BCUT2D eigenvalue weighted by Crippen LogP contribution is 2.18. The van der Waals surface area contributed by atoms with Crippen LogP contribution in [-0.2, 0) is 17.8 Å². The maximum atomic E-state index is 11.9. The lowest BCUT2D eigenvalue weighted by atomic mass is 10.00. The van der Waals surface area contributed by atoms with Gasteiger partial charge >= 0.3 is 0 Å². The van der Waals surface area contributed by atoms with Gasteiger partial charge in [0.25, 0.3) is 0 Å². The smallest absolute Gasteiger partial charge is 0.237 e. The number of nitrogens with zero attached hydrogens (tertiary/aromatic N) is 2. The Kier molecular flexibility index (Phi) is 5.94. The quantitative estimate of drug-likeness (QED) is 0.802. The lowest BCUT2D eigenvalue weighted by molar-refractivity contribution is -0.125. The normalized spacial score (nSPS) is 17.9. The molecule has 1 aliphatic heterocycles. The molecule has 1 aromatic carbocycles. The number of hydrogen-bond donors (Lipinski definition) is 2. The van der Waals surface area contributed by atoms with Crippen molar-refractivity contribution in [3.8, 4) is 0 Å². The van der Waals surface area contributed by atoms with E-state index in [-0.39, 0.29) is 11.9 Å². The lowest BCUT2D eigenvalue weighted by Crippen LogP contribution is -2.46. The Bertz CT molecular complexity index is 504. The first-order valence-corrected chi connectivity index (χ1v) is 7.88. The van der Waals surface area contributed by atoms with Crippen molar-refractivity contribution < 1.29 is 9.90 Å². The van der Waals surface area contributed by atoms with Gasteiger partial charge in [0.15, 0.2) is 0 Å². The third-order valence-electron chi connectivity index (χ3n) is 4.34. The average molecular weight is 305 g/mol. The largest absolute Gasteiger partial charge is 0.390 e. The molecule has 0 spiro atoms. The van der Waals surface area contributed by atoms with E-state index >= 15 is 0 Å². The summed E-state index contributed by atoms with van der Waals surface area (Å²) in [4.78, 5) is 16.0. The number of carbonyl (C=O) groups is 1. The van der Waals surface area contributed by atoms with Gasteiger partial charge in [0.05, 0.1) is 12.1 Å². The third-order valence-corrected chi connectivity index (χ3v) is 4.34. The number of nitrogens with one attached hydrogen (secondary N) is 1. The number of amides is 1. The molecule has 2 N–H and O–H groups in total. The summed E-state index contributed by atoms with van der Waals surface area (Å²) >= 11 is 0. The van der Waals surface area contributed by atoms with E-state index in [0.717, 1.165) is 19.5 Å². The SMILES string of the molecule is C[C@@H](C(=O)NCC(O)CN1CCc2ccccc2C1)N(C)C. The summed E-state index contributed by atoms with van der Waals surface area (Å²) in [5.74, 6) is -0.0481. The van der Waals surface area contributed by atoms with Crippen molar-refractivity contribution >= 4 is 5.91 Å². The van der Waals surface area contributed by atoms with Crippen LogP contribution in [0.4, 0.5) is 0 Å². The molecule has 22 heavy (non-hydrogen) atoms. The molecule has 122 valence electrons. The Balaban J connectivity index is 1.76. The van der Waals surface area contributed by atoms with E-state index in [9.17, 15) is 9.90 Å². The first kappa shape index (κ1) is 16.9. The molecule has 0 saturated heterocycles. The van der Waals surface area contributed by atoms with Crippen molar-refractivity contribution in [1.29, 1.82) is 0 Å². The summed E-state index contributed by atoms with van der Waals surface area (Å²) in [6, 6.07) is 8.27. The molecule has 5 nitrogen and oxygen atoms in total. The number of rotatable bonds is 6. The highest BCUT2D eigenvalue weighted by atomic mass is 16.3. The molecule has 1 aromatic rings. The Hall–Kier alpha value is -1.43. The molecule has 1 unspecified atom stereocenters. The van der Waals surface area contributed by atoms with E-state index in [0.29, 0.717) is 13.1 Å². The zero-order valence-corrected chi connectivity index (χ0v) is 13.7. The van der Waals surface area contributed by atoms with Gasteiger partial charge in [0, 0.05) is 26.2 Å². The maximum Gasteiger partial charge on any atom is 0.237 e. The average Bonchev–Trinajstić information content (AvgIpc) is 2.51. The maximum absolute atomic E-state index is 11.9. The number of hydrogen-bond acceptors (Lipinski definition) is 4. The Morgan fingerprint density at radius 3 is 2.73 bits per heavy atom. The molecule has 0 aliphatic carbocycles. The molecule has 2 rings (SSSR count). The summed E-state index contributed by atoms with van der Waals surface area (Å²) < 4.78 is 0. The predicted octanol–water partition coefficient (Wildman–Crippen LogP) is 0.472. The van der Waals surface area contributed by atoms with Gasteiger partial charge in [-0.15, -0.1) is 0 Å². The van der Waals surface area contributed by atoms with Crippen LogP contribution < -0.4 is 5.32 Å². The van der Waals surface area contributed by atoms with Crippen molar-refractivity contribution in [2.45, 2.75) is 32.0 Å². The van der Waals surface area contributed by atoms with Crippen LogP contribution in [0.15, 0.2) is 24.3 Å². The predicted molar refractivity (Wildman–Crippen MR) is 87.6 cm³/mol. The van der Waals surface area contributed by atoms with Gasteiger partial charge in [-0.1, -0.05) is 24.3 Å². The topological polar surface area (TPSA) is 55.8 Å². The molecule has 0 bridgehead atoms. The molecule has 1 amide bonds. The number of fused-ring (bicyclic) bond motifs is 1. The lowest BCUT2D eigenvalue weighted by Gasteiger charge is -2.30. The van der Waals surface area contributed by atoms with Crippen LogP contribution in [0, 0.1) is 0 Å². The number of carbonyl (C=O) groups excluding carboxylic acids is 1. The van der Waals surface area contributed by atoms with E-state index in [1.807, 2.05) is 25.9 Å². The van der Waals surface area contributed by atoms with Gasteiger partial charge in [-0.3, -0.25) is 14.6 Å². The van der Waals surface area contributed by atoms with Crippen LogP contribution in [0.1, 0.15) is 18.1 Å². The fourth-order valence-electron chi connectivity index (χ4n) is 2.67. The van der Waals surface area contributed by atoms with Crippen LogP contribution in [0.2, 0.25) is 0 Å². The van der Waals surface area contributed by atoms with Crippen molar-refractivity contribution in [2.75, 3.05) is 33.7 Å². The fourth-order valence-corrected chi connectivity index (χ4v) is 2.67. The molecule has 1 heterocycles. The van der Waals surface area contributed by atoms with Crippen LogP contribution >= 0.6 is 0 Å². The van der Waals surface area contributed by atoms with Crippen molar-refractivity contribution in [3.63, 3.8) is 0 Å². The molecule has 0 saturated carbocycles. The second-order valence-electron chi connectivity index (χ2n) is 6.29. The van der Waals surface area contributed by atoms with Gasteiger partial charge in [-0.2, -0.15) is 0 Å². The van der Waals surface area contributed by atoms with Crippen molar-refractivity contribution in [1.82, 2.24) is 15.1 Å². The Labute approximate surface area is 132 Å². The fraction of sp³-hybridized carbons (Fsp3) is 0.588. The minimum absolute atomic E-state index is 0.0481. The number of aliphatic hydroxyl groups is 1. The van der Waals surface area contributed by atoms with Crippen LogP contribution in [0.25, 0.3) is 0 Å². The van der Waals surface area contributed by atoms with Gasteiger partial charge in [0.2, 0.25) is 5.91 Å². The molecule has 0 aromatic heterocycles. The second kappa shape index (κ2) is 7.72. The van der Waals surface area contributed by atoms with Crippen molar-refractivity contribution in [2.24, 2.45) is 0 Å². The van der Waals surface area contributed by atoms with E-state index in [2.05, 4.69) is 34.5 Å². The number of aliphatic hydroxyl groups excluding tert-OH is 1. The number of β-amino-alcohol motifs (C(OH)–C–C–N with tert-alkyl or cyclic N) is 1. The molecule has 0 radical (unpaired) electrons. The second-order valence-corrected chi connectivity index (χ2v) is 6.29. The molecule has 1 aliphatic rings. The van der Waals surface area contributed by atoms with E-state index < -0.39 is 6.10 Å². The van der Waals surface area contributed by atoms with Crippen LogP contribution in [0.3, 0.4) is 0 Å². The summed E-state index contributed by atoms with van der Waals surface area (Å²) in [5.41, 5.74) is 2.74. The Morgan fingerprint density at radius 2 is 2.05 bits per heavy atom. The summed E-state index contributed by atoms with van der Waals surface area (Å²) in [5, 5.41) is 13.0. The van der Waals surface area contributed by atoms with Gasteiger partial charge < -0.3 is 10.4 Å². The summed E-state index contributed by atoms with van der Waals surface area (Å²) in [7, 11) is 3.73. The zero-order chi connectivity index (χ0) is 16.1. The van der Waals surface area contributed by atoms with Gasteiger partial charge in [-0.25, -0.2) is 0 Å². The standard InChI is InChI=1S/C17H27N3O2/c1-13(19(2)3)17(22)18-10-16(21)12-20-9-8-14-6-4-5-7-15(14)11-20/h4-7,13,16,21H,8-12H2,1-3H3,(H,18,22)/t13-,16?/m0/s1. The first-order chi connectivity index (χ1) is 10.5. The molecular formula is C17H27N3O2. The Morgan fingerprint density at radius 1 is 1.36 bits per heavy atom. The molecule has 0 fully saturated rings. The highest BCUT2D eigenvalue weighted by molar-refractivity contribution is 5.81.